The van der Waals surface area contributed by atoms with Crippen molar-refractivity contribution in [2.24, 2.45) is 80.8 Å². The molecule has 10 aliphatic rings. The highest BCUT2D eigenvalue weighted by Crippen LogP contribution is 2.70. The Kier molecular flexibility index (Phi) is 15.4. The van der Waals surface area contributed by atoms with Gasteiger partial charge in [-0.3, -0.25) is 14.5 Å². The number of hydrogen-bond donors (Lipinski definition) is 2. The molecule has 7 nitrogen and oxygen atoms in total. The molecule has 356 valence electrons. The number of carbonyl (C=O) groups excluding carboxylic acids is 2. The maximum absolute atomic E-state index is 13.4. The fraction of sp³-hybridized carbons (Fsp3) is 0.963. The van der Waals surface area contributed by atoms with E-state index in [9.17, 15) is 19.8 Å². The van der Waals surface area contributed by atoms with E-state index in [1.807, 2.05) is 6.92 Å². The lowest BCUT2D eigenvalue weighted by molar-refractivity contribution is -0.151. The second-order valence-electron chi connectivity index (χ2n) is 24.7. The summed E-state index contributed by atoms with van der Waals surface area (Å²) in [6.45, 7) is 20.1. The molecule has 10 rings (SSSR count). The van der Waals surface area contributed by atoms with Gasteiger partial charge in [0, 0.05) is 38.1 Å². The monoisotopic (exact) mass is 930 g/mol. The van der Waals surface area contributed by atoms with Crippen LogP contribution in [-0.4, -0.2) is 89.3 Å². The number of hydrogen-bond acceptors (Lipinski definition) is 7. The zero-order valence-electron chi connectivity index (χ0n) is 39.6. The fourth-order valence-electron chi connectivity index (χ4n) is 17.8. The van der Waals surface area contributed by atoms with Gasteiger partial charge in [-0.2, -0.15) is 0 Å². The Hall–Kier alpha value is -0.380. The highest BCUT2D eigenvalue weighted by molar-refractivity contribution is 9.09. The standard InChI is InChI=1S/C26H43NO3.C22H35BrO2.C5H10O.CH4/c1-24(29)10-11-25(2)18(16-24)4-5-19-20-6-7-22(26(20,3)9-8-21(19)25)23(28)17-27-12-14-30-15-13-27;1-20(25)10-11-21(2)14(12-20)4-5-15-16-6-7-18(19(24)13-23)22(16,3)9-8-17(15)21;1-2-4-6-5-3-1;/h18-22,29H,4-17H2,1-3H3;14-18,25H,4-13H2,1-3H3;1-5H2;1H4/t18-,19+,20+,21+,22-,24-,25+,26+;14-,15+,16+,17+,18-,20-,21+,22+;;/m11../s1. The molecule has 0 radical (unpaired) electrons. The van der Waals surface area contributed by atoms with Crippen LogP contribution in [0.25, 0.3) is 0 Å². The first-order chi connectivity index (χ1) is 28.9. The van der Waals surface area contributed by atoms with Gasteiger partial charge in [0.1, 0.15) is 11.6 Å². The summed E-state index contributed by atoms with van der Waals surface area (Å²) in [5, 5.41) is 21.8. The van der Waals surface area contributed by atoms with Crippen LogP contribution in [0.3, 0.4) is 0 Å². The lowest BCUT2D eigenvalue weighted by Crippen LogP contribution is -2.56. The molecule has 2 N–H and O–H groups in total. The first-order valence-electron chi connectivity index (χ1n) is 25.9. The van der Waals surface area contributed by atoms with Crippen molar-refractivity contribution in [3.8, 4) is 0 Å². The quantitative estimate of drug-likeness (QED) is 0.265. The number of rotatable bonds is 5. The molecular weight excluding hydrogens is 838 g/mol. The third kappa shape index (κ3) is 9.40. The summed E-state index contributed by atoms with van der Waals surface area (Å²) in [5.74, 6) is 7.61. The summed E-state index contributed by atoms with van der Waals surface area (Å²) in [6.07, 6.45) is 25.3. The molecule has 0 aromatic carbocycles. The summed E-state index contributed by atoms with van der Waals surface area (Å²) < 4.78 is 10.5. The van der Waals surface area contributed by atoms with Crippen LogP contribution in [0.1, 0.15) is 184 Å². The Morgan fingerprint density at radius 1 is 0.532 bits per heavy atom. The maximum Gasteiger partial charge on any atom is 0.150 e. The minimum absolute atomic E-state index is 0. The Bertz CT molecular complexity index is 1530. The lowest BCUT2D eigenvalue weighted by atomic mass is 9.44. The Labute approximate surface area is 387 Å². The largest absolute Gasteiger partial charge is 0.390 e. The van der Waals surface area contributed by atoms with E-state index in [1.54, 1.807) is 0 Å². The molecule has 0 aromatic rings. The van der Waals surface area contributed by atoms with E-state index in [4.69, 9.17) is 9.47 Å². The molecule has 16 atom stereocenters. The maximum atomic E-state index is 13.4. The number of nitrogens with zero attached hydrogens (tertiary/aromatic N) is 1. The number of fused-ring (bicyclic) bond motifs is 10. The van der Waals surface area contributed by atoms with Crippen LogP contribution in [-0.2, 0) is 19.1 Å². The molecule has 0 amide bonds. The smallest absolute Gasteiger partial charge is 0.150 e. The minimum atomic E-state index is -0.454. The molecule has 10 fully saturated rings. The molecule has 8 heteroatoms. The van der Waals surface area contributed by atoms with E-state index < -0.39 is 11.2 Å². The highest BCUT2D eigenvalue weighted by atomic mass is 79.9. The lowest BCUT2D eigenvalue weighted by Gasteiger charge is -2.61. The van der Waals surface area contributed by atoms with Gasteiger partial charge >= 0.3 is 0 Å². The van der Waals surface area contributed by atoms with Gasteiger partial charge in [-0.15, -0.1) is 0 Å². The molecule has 0 spiro atoms. The molecule has 0 unspecified atom stereocenters. The van der Waals surface area contributed by atoms with E-state index in [2.05, 4.69) is 55.4 Å². The van der Waals surface area contributed by atoms with Gasteiger partial charge in [-0.25, -0.2) is 0 Å². The van der Waals surface area contributed by atoms with Gasteiger partial charge in [0.05, 0.1) is 36.3 Å². The van der Waals surface area contributed by atoms with Crippen LogP contribution in [0, 0.1) is 80.8 Å². The van der Waals surface area contributed by atoms with Crippen LogP contribution in [0.4, 0.5) is 0 Å². The molecule has 62 heavy (non-hydrogen) atoms. The predicted octanol–water partition coefficient (Wildman–Crippen LogP) is 11.5. The average Bonchev–Trinajstić information content (AvgIpc) is 3.79. The predicted molar refractivity (Wildman–Crippen MR) is 254 cm³/mol. The third-order valence-corrected chi connectivity index (χ3v) is 21.9. The number of alkyl halides is 1. The topological polar surface area (TPSA) is 96.3 Å². The second kappa shape index (κ2) is 19.3. The van der Waals surface area contributed by atoms with E-state index in [1.165, 1.54) is 96.3 Å². The number of morpholine rings is 1. The first-order valence-corrected chi connectivity index (χ1v) is 27.0. The highest BCUT2D eigenvalue weighted by Gasteiger charge is 2.63. The Morgan fingerprint density at radius 3 is 1.39 bits per heavy atom. The average molecular weight is 931 g/mol. The number of carbonyl (C=O) groups is 2. The Morgan fingerprint density at radius 2 is 0.968 bits per heavy atom. The normalized spacial score (nSPS) is 49.6. The number of aliphatic hydroxyl groups is 2. The molecule has 0 aromatic heterocycles. The van der Waals surface area contributed by atoms with Crippen molar-refractivity contribution in [1.29, 1.82) is 0 Å². The van der Waals surface area contributed by atoms with Gasteiger partial charge in [-0.1, -0.05) is 51.1 Å². The SMILES string of the molecule is C.C1CCOCC1.C[C@@]1(O)CC[C@@]2(C)[C@H](CC[C@@H]3[C@@H]2CC[C@]2(C)[C@@H](C(=O)CBr)CC[C@@H]32)C1.C[C@@]1(O)CC[C@@]2(C)[C@H](CC[C@@H]3[C@@H]2CC[C@]2(C)[C@@H](C(=O)CN4CCOCC4)CC[C@@H]32)C1. The molecule has 2 aliphatic heterocycles. The van der Waals surface area contributed by atoms with Gasteiger partial charge in [0.25, 0.3) is 0 Å². The van der Waals surface area contributed by atoms with Crippen LogP contribution >= 0.6 is 15.9 Å². The number of ether oxygens (including phenoxy) is 2. The molecule has 2 saturated heterocycles. The van der Waals surface area contributed by atoms with E-state index in [0.717, 1.165) is 114 Å². The third-order valence-electron chi connectivity index (χ3n) is 21.4. The van der Waals surface area contributed by atoms with Crippen molar-refractivity contribution in [3.05, 3.63) is 0 Å². The van der Waals surface area contributed by atoms with E-state index in [-0.39, 0.29) is 30.1 Å². The van der Waals surface area contributed by atoms with Crippen molar-refractivity contribution in [2.45, 2.75) is 195 Å². The zero-order chi connectivity index (χ0) is 43.4. The summed E-state index contributed by atoms with van der Waals surface area (Å²) in [4.78, 5) is 28.2. The van der Waals surface area contributed by atoms with E-state index in [0.29, 0.717) is 46.1 Å². The van der Waals surface area contributed by atoms with Crippen LogP contribution < -0.4 is 0 Å². The molecular formula is C54H92BrNO6. The summed E-state index contributed by atoms with van der Waals surface area (Å²) in [5.41, 5.74) is 0.390. The summed E-state index contributed by atoms with van der Waals surface area (Å²) in [7, 11) is 0. The van der Waals surface area contributed by atoms with Crippen LogP contribution in [0.2, 0.25) is 0 Å². The number of halogens is 1. The second-order valence-corrected chi connectivity index (χ2v) is 25.3. The zero-order valence-corrected chi connectivity index (χ0v) is 41.2. The van der Waals surface area contributed by atoms with Gasteiger partial charge < -0.3 is 19.7 Å². The van der Waals surface area contributed by atoms with Gasteiger partial charge in [0.2, 0.25) is 0 Å². The molecule has 8 saturated carbocycles. The summed E-state index contributed by atoms with van der Waals surface area (Å²) in [6, 6.07) is 0. The van der Waals surface area contributed by atoms with Crippen molar-refractivity contribution in [3.63, 3.8) is 0 Å². The first kappa shape index (κ1) is 49.5. The van der Waals surface area contributed by atoms with Crippen molar-refractivity contribution in [1.82, 2.24) is 4.90 Å². The number of ketones is 2. The summed E-state index contributed by atoms with van der Waals surface area (Å²) >= 11 is 3.43. The minimum Gasteiger partial charge on any atom is -0.390 e. The number of Topliss-reactive ketones (excluding diaryl/α,β-unsaturated/α-hetero) is 2. The van der Waals surface area contributed by atoms with Crippen molar-refractivity contribution < 1.29 is 29.3 Å². The van der Waals surface area contributed by atoms with Crippen molar-refractivity contribution >= 4 is 27.5 Å². The fourth-order valence-corrected chi connectivity index (χ4v) is 18.2. The van der Waals surface area contributed by atoms with Gasteiger partial charge in [-0.05, 0) is 218 Å². The molecule has 0 bridgehead atoms. The molecule has 8 aliphatic carbocycles. The van der Waals surface area contributed by atoms with Crippen LogP contribution in [0.15, 0.2) is 0 Å². The van der Waals surface area contributed by atoms with Crippen molar-refractivity contribution in [2.75, 3.05) is 51.4 Å². The van der Waals surface area contributed by atoms with E-state index >= 15 is 0 Å². The van der Waals surface area contributed by atoms with Gasteiger partial charge in [0.15, 0.2) is 0 Å². The van der Waals surface area contributed by atoms with Crippen LogP contribution in [0.5, 0.6) is 0 Å². The molecule has 2 heterocycles. The Balaban J connectivity index is 0.000000164.